The fraction of sp³-hybridized carbons (Fsp3) is 0.100. The standard InChI is InChI=1S/C10H9BrFNO/c1-2-7(11)10(14)13-9-6-4-3-5-8(9)12/h2-6H,1H3,(H,13,14). The number of benzene rings is 1. The van der Waals surface area contributed by atoms with E-state index in [-0.39, 0.29) is 11.6 Å². The lowest BCUT2D eigenvalue weighted by molar-refractivity contribution is -0.112. The lowest BCUT2D eigenvalue weighted by atomic mass is 10.3. The molecule has 1 rings (SSSR count). The van der Waals surface area contributed by atoms with Crippen LogP contribution < -0.4 is 5.32 Å². The van der Waals surface area contributed by atoms with Crippen molar-refractivity contribution in [1.29, 1.82) is 0 Å². The van der Waals surface area contributed by atoms with Gasteiger partial charge in [-0.25, -0.2) is 4.39 Å². The molecule has 0 fully saturated rings. The van der Waals surface area contributed by atoms with Crippen molar-refractivity contribution in [2.24, 2.45) is 0 Å². The number of nitrogens with one attached hydrogen (secondary N) is 1. The van der Waals surface area contributed by atoms with Crippen LogP contribution in [0.2, 0.25) is 0 Å². The molecule has 0 aliphatic carbocycles. The number of carbonyl (C=O) groups excluding carboxylic acids is 1. The number of rotatable bonds is 2. The average Bonchev–Trinajstić information content (AvgIpc) is 2.20. The maximum atomic E-state index is 13.1. The Hall–Kier alpha value is -1.16. The number of halogens is 2. The lowest BCUT2D eigenvalue weighted by Crippen LogP contribution is -2.12. The highest BCUT2D eigenvalue weighted by atomic mass is 79.9. The average molecular weight is 258 g/mol. The predicted octanol–water partition coefficient (Wildman–Crippen LogP) is 3.06. The molecule has 4 heteroatoms. The fourth-order valence-electron chi connectivity index (χ4n) is 0.876. The third kappa shape index (κ3) is 2.67. The van der Waals surface area contributed by atoms with Gasteiger partial charge in [-0.1, -0.05) is 18.2 Å². The minimum absolute atomic E-state index is 0.177. The predicted molar refractivity (Wildman–Crippen MR) is 57.7 cm³/mol. The summed E-state index contributed by atoms with van der Waals surface area (Å²) in [6.45, 7) is 1.71. The largest absolute Gasteiger partial charge is 0.319 e. The van der Waals surface area contributed by atoms with Gasteiger partial charge in [0.2, 0.25) is 0 Å². The van der Waals surface area contributed by atoms with Crippen LogP contribution in [0.15, 0.2) is 34.8 Å². The number of para-hydroxylation sites is 1. The molecule has 0 saturated heterocycles. The first-order chi connectivity index (χ1) is 6.65. The molecule has 0 heterocycles. The minimum Gasteiger partial charge on any atom is -0.319 e. The van der Waals surface area contributed by atoms with E-state index in [2.05, 4.69) is 21.2 Å². The van der Waals surface area contributed by atoms with E-state index in [1.807, 2.05) is 0 Å². The van der Waals surface area contributed by atoms with E-state index in [0.29, 0.717) is 4.48 Å². The van der Waals surface area contributed by atoms with Crippen molar-refractivity contribution in [3.05, 3.63) is 40.6 Å². The number of allylic oxidation sites excluding steroid dienone is 1. The van der Waals surface area contributed by atoms with Crippen molar-refractivity contribution in [1.82, 2.24) is 0 Å². The van der Waals surface area contributed by atoms with Gasteiger partial charge in [-0.05, 0) is 35.0 Å². The number of hydrogen-bond acceptors (Lipinski definition) is 1. The third-order valence-electron chi connectivity index (χ3n) is 1.59. The Labute approximate surface area is 89.9 Å². The monoisotopic (exact) mass is 257 g/mol. The Bertz CT molecular complexity index is 376. The molecule has 0 atom stereocenters. The normalized spacial score (nSPS) is 11.2. The van der Waals surface area contributed by atoms with Crippen LogP contribution in [0.3, 0.4) is 0 Å². The molecule has 74 valence electrons. The SMILES string of the molecule is CC=C(Br)C(=O)Nc1ccccc1F. The summed E-state index contributed by atoms with van der Waals surface area (Å²) >= 11 is 3.05. The van der Waals surface area contributed by atoms with E-state index in [9.17, 15) is 9.18 Å². The van der Waals surface area contributed by atoms with Gasteiger partial charge in [0.1, 0.15) is 5.82 Å². The van der Waals surface area contributed by atoms with Crippen LogP contribution in [0.1, 0.15) is 6.92 Å². The highest BCUT2D eigenvalue weighted by Crippen LogP contribution is 2.15. The van der Waals surface area contributed by atoms with Gasteiger partial charge in [-0.15, -0.1) is 0 Å². The second-order valence-electron chi connectivity index (χ2n) is 2.57. The van der Waals surface area contributed by atoms with Gasteiger partial charge < -0.3 is 5.32 Å². The van der Waals surface area contributed by atoms with Crippen LogP contribution in [0.5, 0.6) is 0 Å². The van der Waals surface area contributed by atoms with Crippen molar-refractivity contribution in [2.45, 2.75) is 6.92 Å². The molecule has 1 aromatic rings. The molecule has 14 heavy (non-hydrogen) atoms. The van der Waals surface area contributed by atoms with E-state index < -0.39 is 5.82 Å². The quantitative estimate of drug-likeness (QED) is 0.811. The molecule has 0 unspecified atom stereocenters. The van der Waals surface area contributed by atoms with Gasteiger partial charge in [0.05, 0.1) is 10.2 Å². The zero-order chi connectivity index (χ0) is 10.6. The highest BCUT2D eigenvalue weighted by molar-refractivity contribution is 9.12. The summed E-state index contributed by atoms with van der Waals surface area (Å²) in [7, 11) is 0. The summed E-state index contributed by atoms with van der Waals surface area (Å²) in [6, 6.07) is 6.01. The first kappa shape index (κ1) is 10.9. The summed E-state index contributed by atoms with van der Waals surface area (Å²) in [5.74, 6) is -0.810. The second kappa shape index (κ2) is 4.91. The van der Waals surface area contributed by atoms with Crippen LogP contribution in [0.25, 0.3) is 0 Å². The summed E-state index contributed by atoms with van der Waals surface area (Å²) in [4.78, 5) is 11.3. The van der Waals surface area contributed by atoms with Crippen molar-refractivity contribution >= 4 is 27.5 Å². The molecule has 0 saturated carbocycles. The molecule has 0 spiro atoms. The molecular formula is C10H9BrFNO. The maximum Gasteiger partial charge on any atom is 0.262 e. The summed E-state index contributed by atoms with van der Waals surface area (Å²) < 4.78 is 13.4. The Morgan fingerprint density at radius 1 is 1.50 bits per heavy atom. The van der Waals surface area contributed by atoms with E-state index in [1.54, 1.807) is 25.1 Å². The molecule has 0 aliphatic heterocycles. The zero-order valence-electron chi connectivity index (χ0n) is 7.55. The summed E-state index contributed by atoms with van der Waals surface area (Å²) in [5.41, 5.74) is 0.177. The Balaban J connectivity index is 2.80. The molecule has 1 amide bonds. The molecule has 0 aromatic heterocycles. The number of carbonyl (C=O) groups is 1. The molecule has 1 aromatic carbocycles. The van der Waals surface area contributed by atoms with Crippen molar-refractivity contribution in [3.8, 4) is 0 Å². The van der Waals surface area contributed by atoms with Gasteiger partial charge in [0, 0.05) is 0 Å². The van der Waals surface area contributed by atoms with Crippen LogP contribution in [0.4, 0.5) is 10.1 Å². The van der Waals surface area contributed by atoms with E-state index >= 15 is 0 Å². The van der Waals surface area contributed by atoms with E-state index in [0.717, 1.165) is 0 Å². The van der Waals surface area contributed by atoms with Crippen molar-refractivity contribution in [3.63, 3.8) is 0 Å². The molecule has 0 aliphatic rings. The number of anilines is 1. The van der Waals surface area contributed by atoms with Crippen LogP contribution in [-0.4, -0.2) is 5.91 Å². The van der Waals surface area contributed by atoms with Crippen LogP contribution in [0, 0.1) is 5.82 Å². The molecule has 0 bridgehead atoms. The highest BCUT2D eigenvalue weighted by Gasteiger charge is 2.07. The zero-order valence-corrected chi connectivity index (χ0v) is 9.14. The number of hydrogen-bond donors (Lipinski definition) is 1. The van der Waals surface area contributed by atoms with Gasteiger partial charge in [0.25, 0.3) is 5.91 Å². The third-order valence-corrected chi connectivity index (χ3v) is 2.41. The maximum absolute atomic E-state index is 13.1. The minimum atomic E-state index is -0.447. The summed E-state index contributed by atoms with van der Waals surface area (Å²) in [6.07, 6.45) is 1.59. The molecule has 0 radical (unpaired) electrons. The topological polar surface area (TPSA) is 29.1 Å². The van der Waals surface area contributed by atoms with Gasteiger partial charge >= 0.3 is 0 Å². The Morgan fingerprint density at radius 3 is 2.71 bits per heavy atom. The van der Waals surface area contributed by atoms with Gasteiger partial charge in [-0.3, -0.25) is 4.79 Å². The van der Waals surface area contributed by atoms with Crippen molar-refractivity contribution in [2.75, 3.05) is 5.32 Å². The second-order valence-corrected chi connectivity index (χ2v) is 3.42. The van der Waals surface area contributed by atoms with Crippen LogP contribution >= 0.6 is 15.9 Å². The first-order valence-electron chi connectivity index (χ1n) is 4.03. The van der Waals surface area contributed by atoms with Crippen molar-refractivity contribution < 1.29 is 9.18 Å². The molecule has 1 N–H and O–H groups in total. The molecule has 2 nitrogen and oxygen atoms in total. The summed E-state index contributed by atoms with van der Waals surface area (Å²) in [5, 5.41) is 2.43. The lowest BCUT2D eigenvalue weighted by Gasteiger charge is -2.04. The van der Waals surface area contributed by atoms with E-state index in [4.69, 9.17) is 0 Å². The van der Waals surface area contributed by atoms with Gasteiger partial charge in [0.15, 0.2) is 0 Å². The van der Waals surface area contributed by atoms with Gasteiger partial charge in [-0.2, -0.15) is 0 Å². The fourth-order valence-corrected chi connectivity index (χ4v) is 0.975. The molecular weight excluding hydrogens is 249 g/mol. The van der Waals surface area contributed by atoms with E-state index in [1.165, 1.54) is 12.1 Å². The first-order valence-corrected chi connectivity index (χ1v) is 4.82. The number of amides is 1. The Morgan fingerprint density at radius 2 is 2.14 bits per heavy atom. The Kier molecular flexibility index (Phi) is 3.83. The van der Waals surface area contributed by atoms with Crippen LogP contribution in [-0.2, 0) is 4.79 Å². The smallest absolute Gasteiger partial charge is 0.262 e.